The molecule has 19 heavy (non-hydrogen) atoms. The van der Waals surface area contributed by atoms with E-state index in [-0.39, 0.29) is 5.75 Å². The third-order valence-electron chi connectivity index (χ3n) is 4.68. The molecule has 1 saturated heterocycles. The first-order chi connectivity index (χ1) is 9.15. The maximum absolute atomic E-state index is 11.6. The van der Waals surface area contributed by atoms with Gasteiger partial charge >= 0.3 is 5.97 Å². The van der Waals surface area contributed by atoms with Crippen LogP contribution in [0.1, 0.15) is 30.4 Å². The molecule has 102 valence electrons. The molecule has 0 bridgehead atoms. The Hall–Kier alpha value is -1.55. The van der Waals surface area contributed by atoms with Crippen LogP contribution in [0, 0.1) is 5.92 Å². The molecular weight excluding hydrogens is 244 g/mol. The molecule has 1 fully saturated rings. The maximum Gasteiger partial charge on any atom is 0.307 e. The predicted molar refractivity (Wildman–Crippen MR) is 69.3 cm³/mol. The van der Waals surface area contributed by atoms with Crippen molar-refractivity contribution in [2.24, 2.45) is 5.92 Å². The monoisotopic (exact) mass is 262 g/mol. The highest BCUT2D eigenvalue weighted by molar-refractivity contribution is 5.74. The molecule has 1 heterocycles. The zero-order valence-electron chi connectivity index (χ0n) is 10.8. The Morgan fingerprint density at radius 1 is 1.32 bits per heavy atom. The van der Waals surface area contributed by atoms with Gasteiger partial charge in [0.05, 0.1) is 5.92 Å². The summed E-state index contributed by atoms with van der Waals surface area (Å²) in [6.07, 6.45) is 2.72. The Labute approximate surface area is 112 Å². The topological polar surface area (TPSA) is 66.8 Å². The molecule has 1 unspecified atom stereocenters. The van der Waals surface area contributed by atoms with Gasteiger partial charge in [0.15, 0.2) is 0 Å². The summed E-state index contributed by atoms with van der Waals surface area (Å²) in [4.78, 5) is 11.6. The molecular formula is C15H18O4. The Morgan fingerprint density at radius 2 is 2.05 bits per heavy atom. The molecule has 2 N–H and O–H groups in total. The second kappa shape index (κ2) is 4.53. The summed E-state index contributed by atoms with van der Waals surface area (Å²) in [6, 6.07) is 5.51. The number of aromatic hydroxyl groups is 1. The van der Waals surface area contributed by atoms with Crippen molar-refractivity contribution in [1.82, 2.24) is 0 Å². The second-order valence-electron chi connectivity index (χ2n) is 5.51. The molecule has 0 amide bonds. The smallest absolute Gasteiger partial charge is 0.307 e. The summed E-state index contributed by atoms with van der Waals surface area (Å²) < 4.78 is 5.41. The zero-order valence-corrected chi connectivity index (χ0v) is 10.8. The van der Waals surface area contributed by atoms with E-state index in [0.29, 0.717) is 32.5 Å². The number of aryl methyl sites for hydroxylation is 1. The molecule has 1 spiro atoms. The van der Waals surface area contributed by atoms with Gasteiger partial charge in [-0.25, -0.2) is 0 Å². The van der Waals surface area contributed by atoms with E-state index in [1.807, 2.05) is 12.1 Å². The van der Waals surface area contributed by atoms with Crippen LogP contribution >= 0.6 is 0 Å². The fourth-order valence-corrected chi connectivity index (χ4v) is 3.81. The van der Waals surface area contributed by atoms with E-state index in [1.54, 1.807) is 6.07 Å². The third-order valence-corrected chi connectivity index (χ3v) is 4.68. The number of fused-ring (bicyclic) bond motifs is 2. The lowest BCUT2D eigenvalue weighted by molar-refractivity contribution is -0.147. The van der Waals surface area contributed by atoms with E-state index >= 15 is 0 Å². The van der Waals surface area contributed by atoms with Gasteiger partial charge in [0.1, 0.15) is 5.75 Å². The molecule has 0 saturated carbocycles. The van der Waals surface area contributed by atoms with Crippen LogP contribution in [-0.2, 0) is 21.4 Å². The minimum Gasteiger partial charge on any atom is -0.508 e. The number of hydrogen-bond acceptors (Lipinski definition) is 3. The molecule has 0 aromatic heterocycles. The first-order valence-corrected chi connectivity index (χ1v) is 6.77. The van der Waals surface area contributed by atoms with Gasteiger partial charge < -0.3 is 14.9 Å². The number of rotatable bonds is 1. The van der Waals surface area contributed by atoms with Gasteiger partial charge in [0.2, 0.25) is 0 Å². The lowest BCUT2D eigenvalue weighted by atomic mass is 9.59. The first-order valence-electron chi connectivity index (χ1n) is 6.77. The van der Waals surface area contributed by atoms with E-state index in [4.69, 9.17) is 4.74 Å². The molecule has 1 atom stereocenters. The number of phenols is 1. The van der Waals surface area contributed by atoms with E-state index in [2.05, 4.69) is 0 Å². The van der Waals surface area contributed by atoms with Crippen LogP contribution < -0.4 is 0 Å². The van der Waals surface area contributed by atoms with Crippen molar-refractivity contribution in [2.75, 3.05) is 13.2 Å². The van der Waals surface area contributed by atoms with Crippen LogP contribution in [0.3, 0.4) is 0 Å². The molecule has 4 heteroatoms. The van der Waals surface area contributed by atoms with Gasteiger partial charge in [-0.2, -0.15) is 0 Å². The number of carboxylic acids is 1. The van der Waals surface area contributed by atoms with Crippen LogP contribution in [0.5, 0.6) is 5.75 Å². The highest BCUT2D eigenvalue weighted by Crippen LogP contribution is 2.51. The molecule has 1 aromatic carbocycles. The Balaban J connectivity index is 2.17. The highest BCUT2D eigenvalue weighted by atomic mass is 16.5. The SMILES string of the molecule is O=C(O)C1CCc2cccc(O)c2C12CCOCC2. The summed E-state index contributed by atoms with van der Waals surface area (Å²) >= 11 is 0. The van der Waals surface area contributed by atoms with Crippen LogP contribution in [0.4, 0.5) is 0 Å². The van der Waals surface area contributed by atoms with E-state index < -0.39 is 17.3 Å². The van der Waals surface area contributed by atoms with E-state index in [0.717, 1.165) is 17.5 Å². The van der Waals surface area contributed by atoms with Crippen molar-refractivity contribution in [3.63, 3.8) is 0 Å². The third kappa shape index (κ3) is 1.82. The second-order valence-corrected chi connectivity index (χ2v) is 5.51. The van der Waals surface area contributed by atoms with Crippen LogP contribution in [-0.4, -0.2) is 29.4 Å². The minimum absolute atomic E-state index is 0.241. The molecule has 2 aliphatic rings. The molecule has 4 nitrogen and oxygen atoms in total. The number of carboxylic acid groups (broad SMARTS) is 1. The molecule has 0 radical (unpaired) electrons. The number of hydrogen-bond donors (Lipinski definition) is 2. The predicted octanol–water partition coefficient (Wildman–Crippen LogP) is 2.09. The van der Waals surface area contributed by atoms with Crippen molar-refractivity contribution >= 4 is 5.97 Å². The average molecular weight is 262 g/mol. The standard InChI is InChI=1S/C15H18O4/c16-12-3-1-2-10-4-5-11(14(17)18)15(13(10)12)6-8-19-9-7-15/h1-3,11,16H,4-9H2,(H,17,18). The average Bonchev–Trinajstić information content (AvgIpc) is 2.39. The summed E-state index contributed by atoms with van der Waals surface area (Å²) in [5, 5.41) is 19.8. The lowest BCUT2D eigenvalue weighted by Gasteiger charge is -2.46. The Morgan fingerprint density at radius 3 is 2.74 bits per heavy atom. The number of aliphatic carboxylic acids is 1. The van der Waals surface area contributed by atoms with Gasteiger partial charge in [-0.1, -0.05) is 12.1 Å². The van der Waals surface area contributed by atoms with Crippen molar-refractivity contribution < 1.29 is 19.7 Å². The van der Waals surface area contributed by atoms with Gasteiger partial charge in [-0.15, -0.1) is 0 Å². The van der Waals surface area contributed by atoms with Gasteiger partial charge in [-0.05, 0) is 37.3 Å². The van der Waals surface area contributed by atoms with E-state index in [9.17, 15) is 15.0 Å². The molecule has 1 aliphatic carbocycles. The van der Waals surface area contributed by atoms with Crippen molar-refractivity contribution in [1.29, 1.82) is 0 Å². The largest absolute Gasteiger partial charge is 0.508 e. The molecule has 1 aliphatic heterocycles. The lowest BCUT2D eigenvalue weighted by Crippen LogP contribution is -2.47. The fraction of sp³-hybridized carbons (Fsp3) is 0.533. The quantitative estimate of drug-likeness (QED) is 0.813. The van der Waals surface area contributed by atoms with Gasteiger partial charge in [-0.3, -0.25) is 4.79 Å². The Bertz CT molecular complexity index is 503. The fourth-order valence-electron chi connectivity index (χ4n) is 3.81. The van der Waals surface area contributed by atoms with Gasteiger partial charge in [0, 0.05) is 24.2 Å². The summed E-state index contributed by atoms with van der Waals surface area (Å²) in [5.41, 5.74) is 1.50. The number of phenolic OH excluding ortho intramolecular Hbond substituents is 1. The molecule has 1 aromatic rings. The molecule has 3 rings (SSSR count). The highest BCUT2D eigenvalue weighted by Gasteiger charge is 2.49. The number of ether oxygens (including phenoxy) is 1. The van der Waals surface area contributed by atoms with Crippen LogP contribution in [0.25, 0.3) is 0 Å². The zero-order chi connectivity index (χ0) is 13.5. The van der Waals surface area contributed by atoms with Gasteiger partial charge in [0.25, 0.3) is 0 Å². The van der Waals surface area contributed by atoms with Crippen molar-refractivity contribution in [3.8, 4) is 5.75 Å². The van der Waals surface area contributed by atoms with Crippen molar-refractivity contribution in [3.05, 3.63) is 29.3 Å². The maximum atomic E-state index is 11.6. The minimum atomic E-state index is -0.754. The van der Waals surface area contributed by atoms with Crippen LogP contribution in [0.15, 0.2) is 18.2 Å². The summed E-state index contributed by atoms with van der Waals surface area (Å²) in [5.74, 6) is -0.932. The first kappa shape index (κ1) is 12.5. The summed E-state index contributed by atoms with van der Waals surface area (Å²) in [7, 11) is 0. The van der Waals surface area contributed by atoms with Crippen LogP contribution in [0.2, 0.25) is 0 Å². The van der Waals surface area contributed by atoms with Crippen molar-refractivity contribution in [2.45, 2.75) is 31.1 Å². The van der Waals surface area contributed by atoms with E-state index in [1.165, 1.54) is 0 Å². The Kier molecular flexibility index (Phi) is 2.97. The number of carbonyl (C=O) groups is 1. The number of benzene rings is 1. The normalized spacial score (nSPS) is 24.9. The summed E-state index contributed by atoms with van der Waals surface area (Å²) in [6.45, 7) is 1.13.